The predicted molar refractivity (Wildman–Crippen MR) is 142 cm³/mol. The molecule has 3 aromatic carbocycles. The first kappa shape index (κ1) is 23.4. The van der Waals surface area contributed by atoms with Crippen molar-refractivity contribution < 1.29 is 14.1 Å². The molecule has 1 fully saturated rings. The number of thiocarbonyl (C=S) groups is 1. The molecule has 182 valence electrons. The third kappa shape index (κ3) is 4.89. The Kier molecular flexibility index (Phi) is 6.34. The largest absolute Gasteiger partial charge is 0.436 e. The van der Waals surface area contributed by atoms with E-state index in [4.69, 9.17) is 16.6 Å². The first-order valence-electron chi connectivity index (χ1n) is 11.5. The number of rotatable bonds is 5. The summed E-state index contributed by atoms with van der Waals surface area (Å²) in [5.41, 5.74) is 4.49. The van der Waals surface area contributed by atoms with Crippen LogP contribution in [0.25, 0.3) is 22.6 Å². The van der Waals surface area contributed by atoms with Crippen LogP contribution in [0.1, 0.15) is 28.8 Å². The van der Waals surface area contributed by atoms with Gasteiger partial charge < -0.3 is 14.6 Å². The number of hydrogen-bond acceptors (Lipinski definition) is 7. The van der Waals surface area contributed by atoms with Crippen molar-refractivity contribution in [2.45, 2.75) is 19.8 Å². The van der Waals surface area contributed by atoms with E-state index in [9.17, 15) is 14.9 Å². The smallest absolute Gasteiger partial charge is 0.293 e. The monoisotopic (exact) mass is 501 g/mol. The molecule has 0 atom stereocenters. The number of carbonyl (C=O) groups excluding carboxylic acids is 1. The number of oxazole rings is 1. The lowest BCUT2D eigenvalue weighted by molar-refractivity contribution is -0.384. The molecule has 1 saturated heterocycles. The van der Waals surface area contributed by atoms with Gasteiger partial charge in [0.25, 0.3) is 11.6 Å². The molecule has 0 radical (unpaired) electrons. The third-order valence-corrected chi connectivity index (χ3v) is 6.26. The quantitative estimate of drug-likeness (QED) is 0.211. The Morgan fingerprint density at radius 3 is 2.56 bits per heavy atom. The highest BCUT2D eigenvalue weighted by Gasteiger charge is 2.24. The fraction of sp³-hybridized carbons (Fsp3) is 0.192. The van der Waals surface area contributed by atoms with E-state index in [1.54, 1.807) is 30.3 Å². The van der Waals surface area contributed by atoms with Crippen molar-refractivity contribution >= 4 is 51.4 Å². The van der Waals surface area contributed by atoms with Crippen LogP contribution >= 0.6 is 12.2 Å². The van der Waals surface area contributed by atoms with Gasteiger partial charge in [-0.3, -0.25) is 20.2 Å². The normalized spacial score (nSPS) is 13.1. The number of fused-ring (bicyclic) bond motifs is 1. The van der Waals surface area contributed by atoms with Crippen LogP contribution in [0, 0.1) is 17.0 Å². The molecule has 1 aliphatic heterocycles. The molecular weight excluding hydrogens is 478 g/mol. The first-order chi connectivity index (χ1) is 17.4. The minimum Gasteiger partial charge on any atom is -0.436 e. The summed E-state index contributed by atoms with van der Waals surface area (Å²) in [5, 5.41) is 17.2. The second kappa shape index (κ2) is 9.74. The number of aromatic nitrogens is 1. The van der Waals surface area contributed by atoms with E-state index in [-0.39, 0.29) is 16.4 Å². The Bertz CT molecular complexity index is 1480. The minimum absolute atomic E-state index is 0.0628. The molecule has 0 aliphatic carbocycles. The Balaban J connectivity index is 1.28. The zero-order valence-electron chi connectivity index (χ0n) is 19.5. The lowest BCUT2D eigenvalue weighted by Gasteiger charge is -2.18. The van der Waals surface area contributed by atoms with Gasteiger partial charge in [0.05, 0.1) is 4.92 Å². The van der Waals surface area contributed by atoms with E-state index in [1.165, 1.54) is 6.07 Å². The summed E-state index contributed by atoms with van der Waals surface area (Å²) in [6, 6.07) is 17.7. The van der Waals surface area contributed by atoms with Gasteiger partial charge in [-0.2, -0.15) is 0 Å². The first-order valence-corrected chi connectivity index (χ1v) is 11.9. The zero-order chi connectivity index (χ0) is 25.2. The number of nitro benzene ring substituents is 1. The minimum atomic E-state index is -0.534. The van der Waals surface area contributed by atoms with Crippen molar-refractivity contribution in [2.75, 3.05) is 23.3 Å². The molecule has 1 aliphatic rings. The van der Waals surface area contributed by atoms with Crippen LogP contribution in [0.4, 0.5) is 17.1 Å². The molecule has 2 N–H and O–H groups in total. The van der Waals surface area contributed by atoms with Crippen molar-refractivity contribution in [3.63, 3.8) is 0 Å². The molecule has 36 heavy (non-hydrogen) atoms. The van der Waals surface area contributed by atoms with Gasteiger partial charge in [-0.15, -0.1) is 0 Å². The van der Waals surface area contributed by atoms with Gasteiger partial charge in [0.15, 0.2) is 10.7 Å². The molecule has 1 amide bonds. The van der Waals surface area contributed by atoms with Gasteiger partial charge in [0.1, 0.15) is 11.2 Å². The molecule has 9 nitrogen and oxygen atoms in total. The lowest BCUT2D eigenvalue weighted by atomic mass is 10.1. The van der Waals surface area contributed by atoms with Crippen molar-refractivity contribution in [1.29, 1.82) is 0 Å². The molecule has 0 unspecified atom stereocenters. The Hall–Kier alpha value is -4.31. The number of nitrogens with zero attached hydrogens (tertiary/aromatic N) is 3. The number of anilines is 2. The molecule has 0 saturated carbocycles. The van der Waals surface area contributed by atoms with Crippen molar-refractivity contribution in [3.8, 4) is 11.5 Å². The van der Waals surface area contributed by atoms with E-state index >= 15 is 0 Å². The standard InChI is InChI=1S/C26H23N5O4S/c1-16-4-6-17(7-5-16)25-28-20-15-19(9-11-23(20)35-25)27-26(36)29-24(32)18-8-10-21(22(14-18)31(33)34)30-12-2-3-13-30/h4-11,14-15H,2-3,12-13H2,1H3,(H2,27,29,32,36). The van der Waals surface area contributed by atoms with Crippen LogP contribution < -0.4 is 15.5 Å². The summed E-state index contributed by atoms with van der Waals surface area (Å²) in [5.74, 6) is -0.0234. The second-order valence-electron chi connectivity index (χ2n) is 8.63. The molecule has 0 spiro atoms. The van der Waals surface area contributed by atoms with Crippen molar-refractivity contribution in [2.24, 2.45) is 0 Å². The van der Waals surface area contributed by atoms with Crippen LogP contribution in [0.15, 0.2) is 65.1 Å². The van der Waals surface area contributed by atoms with Crippen molar-refractivity contribution in [1.82, 2.24) is 10.3 Å². The van der Waals surface area contributed by atoms with Gasteiger partial charge in [-0.25, -0.2) is 4.98 Å². The third-order valence-electron chi connectivity index (χ3n) is 6.05. The van der Waals surface area contributed by atoms with Crippen LogP contribution in [0.3, 0.4) is 0 Å². The predicted octanol–water partition coefficient (Wildman–Crippen LogP) is 5.44. The highest BCUT2D eigenvalue weighted by atomic mass is 32.1. The van der Waals surface area contributed by atoms with E-state index in [2.05, 4.69) is 15.6 Å². The molecule has 4 aromatic rings. The SMILES string of the molecule is Cc1ccc(-c2nc3cc(NC(=S)NC(=O)c4ccc(N5CCCC5)c([N+](=O)[O-])c4)ccc3o2)cc1. The van der Waals surface area contributed by atoms with Crippen LogP contribution in [-0.2, 0) is 0 Å². The van der Waals surface area contributed by atoms with Gasteiger partial charge >= 0.3 is 0 Å². The molecule has 1 aromatic heterocycles. The van der Waals surface area contributed by atoms with Crippen LogP contribution in [0.2, 0.25) is 0 Å². The average molecular weight is 502 g/mol. The van der Waals surface area contributed by atoms with Gasteiger partial charge in [0.2, 0.25) is 5.89 Å². The summed E-state index contributed by atoms with van der Waals surface area (Å²) in [6.45, 7) is 3.55. The van der Waals surface area contributed by atoms with E-state index in [0.717, 1.165) is 37.1 Å². The fourth-order valence-corrected chi connectivity index (χ4v) is 4.41. The number of amides is 1. The van der Waals surface area contributed by atoms with Gasteiger partial charge in [-0.1, -0.05) is 17.7 Å². The number of benzene rings is 3. The Morgan fingerprint density at radius 1 is 1.08 bits per heavy atom. The molecule has 10 heteroatoms. The average Bonchev–Trinajstić information content (AvgIpc) is 3.54. The summed E-state index contributed by atoms with van der Waals surface area (Å²) in [7, 11) is 0. The van der Waals surface area contributed by atoms with Crippen LogP contribution in [0.5, 0.6) is 0 Å². The number of carbonyl (C=O) groups is 1. The van der Waals surface area contributed by atoms with Crippen LogP contribution in [-0.4, -0.2) is 34.0 Å². The topological polar surface area (TPSA) is 114 Å². The Morgan fingerprint density at radius 2 is 1.83 bits per heavy atom. The van der Waals surface area contributed by atoms with Crippen molar-refractivity contribution in [3.05, 3.63) is 81.9 Å². The summed E-state index contributed by atoms with van der Waals surface area (Å²) in [4.78, 5) is 30.4. The van der Waals surface area contributed by atoms with E-state index < -0.39 is 10.8 Å². The maximum absolute atomic E-state index is 12.7. The second-order valence-corrected chi connectivity index (χ2v) is 9.04. The zero-order valence-corrected chi connectivity index (χ0v) is 20.3. The highest BCUT2D eigenvalue weighted by molar-refractivity contribution is 7.80. The summed E-state index contributed by atoms with van der Waals surface area (Å²) >= 11 is 5.30. The number of nitro groups is 1. The van der Waals surface area contributed by atoms with Gasteiger partial charge in [-0.05, 0) is 74.4 Å². The molecule has 5 rings (SSSR count). The summed E-state index contributed by atoms with van der Waals surface area (Å²) in [6.07, 6.45) is 1.99. The molecule has 0 bridgehead atoms. The van der Waals surface area contributed by atoms with E-state index in [1.807, 2.05) is 36.1 Å². The summed E-state index contributed by atoms with van der Waals surface area (Å²) < 4.78 is 5.85. The highest BCUT2D eigenvalue weighted by Crippen LogP contribution is 2.32. The fourth-order valence-electron chi connectivity index (χ4n) is 4.20. The molecule has 2 heterocycles. The van der Waals surface area contributed by atoms with Gasteiger partial charge in [0, 0.05) is 36.0 Å². The number of nitrogens with one attached hydrogen (secondary N) is 2. The maximum Gasteiger partial charge on any atom is 0.293 e. The lowest BCUT2D eigenvalue weighted by Crippen LogP contribution is -2.34. The maximum atomic E-state index is 12.7. The molecular formula is C26H23N5O4S. The Labute approximate surface area is 212 Å². The van der Waals surface area contributed by atoms with E-state index in [0.29, 0.717) is 28.4 Å². The number of aryl methyl sites for hydroxylation is 1. The number of hydrogen-bond donors (Lipinski definition) is 2.